The first-order chi connectivity index (χ1) is 12.1. The number of carbonyl (C=O) groups is 1. The van der Waals surface area contributed by atoms with E-state index in [1.54, 1.807) is 0 Å². The molecule has 25 heavy (non-hydrogen) atoms. The van der Waals surface area contributed by atoms with Gasteiger partial charge in [-0.2, -0.15) is 0 Å². The van der Waals surface area contributed by atoms with Crippen molar-refractivity contribution in [2.24, 2.45) is 0 Å². The fraction of sp³-hybridized carbons (Fsp3) is 0.200. The zero-order chi connectivity index (χ0) is 17.6. The fourth-order valence-corrected chi connectivity index (χ4v) is 2.98. The van der Waals surface area contributed by atoms with Gasteiger partial charge >= 0.3 is 0 Å². The van der Waals surface area contributed by atoms with Crippen LogP contribution < -0.4 is 10.9 Å². The number of aromatic amines is 1. The van der Waals surface area contributed by atoms with Gasteiger partial charge in [0.2, 0.25) is 5.91 Å². The number of halogens is 1. The molecule has 1 amide bonds. The van der Waals surface area contributed by atoms with Gasteiger partial charge in [0.1, 0.15) is 0 Å². The van der Waals surface area contributed by atoms with Crippen LogP contribution in [0.1, 0.15) is 17.5 Å². The number of hydrogen-bond acceptors (Lipinski definition) is 2. The summed E-state index contributed by atoms with van der Waals surface area (Å²) in [6, 6.07) is 17.0. The lowest BCUT2D eigenvalue weighted by atomic mass is 10.1. The monoisotopic (exact) mass is 354 g/mol. The van der Waals surface area contributed by atoms with Crippen LogP contribution in [0.5, 0.6) is 0 Å². The number of pyridine rings is 1. The molecule has 128 valence electrons. The second-order valence-corrected chi connectivity index (χ2v) is 6.31. The maximum Gasteiger partial charge on any atom is 0.251 e. The van der Waals surface area contributed by atoms with Crippen molar-refractivity contribution in [3.8, 4) is 0 Å². The van der Waals surface area contributed by atoms with Gasteiger partial charge in [-0.05, 0) is 42.0 Å². The van der Waals surface area contributed by atoms with Gasteiger partial charge in [0.15, 0.2) is 0 Å². The van der Waals surface area contributed by atoms with E-state index in [4.69, 9.17) is 11.6 Å². The van der Waals surface area contributed by atoms with Gasteiger partial charge in [-0.3, -0.25) is 9.59 Å². The van der Waals surface area contributed by atoms with Crippen LogP contribution in [0.3, 0.4) is 0 Å². The van der Waals surface area contributed by atoms with Crippen LogP contribution in [0.25, 0.3) is 10.9 Å². The van der Waals surface area contributed by atoms with Crippen LogP contribution in [-0.2, 0) is 17.6 Å². The van der Waals surface area contributed by atoms with Gasteiger partial charge < -0.3 is 10.3 Å². The number of H-pyrrole nitrogens is 1. The third kappa shape index (κ3) is 4.48. The summed E-state index contributed by atoms with van der Waals surface area (Å²) in [5, 5.41) is 4.53. The average Bonchev–Trinajstić information content (AvgIpc) is 2.61. The number of aryl methyl sites for hydroxylation is 1. The van der Waals surface area contributed by atoms with Crippen molar-refractivity contribution < 1.29 is 4.79 Å². The molecule has 0 aliphatic heterocycles. The first kappa shape index (κ1) is 17.2. The SMILES string of the molecule is O=C(CCc1ccccc1Cl)NCCc1cc2ccccc2[nH]c1=O. The number of para-hydroxylation sites is 1. The van der Waals surface area contributed by atoms with E-state index in [0.29, 0.717) is 36.4 Å². The van der Waals surface area contributed by atoms with E-state index in [-0.39, 0.29) is 11.5 Å². The smallest absolute Gasteiger partial charge is 0.251 e. The molecule has 4 nitrogen and oxygen atoms in total. The van der Waals surface area contributed by atoms with Crippen molar-refractivity contribution in [2.45, 2.75) is 19.3 Å². The topological polar surface area (TPSA) is 62.0 Å². The maximum absolute atomic E-state index is 12.1. The quantitative estimate of drug-likeness (QED) is 0.712. The van der Waals surface area contributed by atoms with Gasteiger partial charge in [-0.25, -0.2) is 0 Å². The molecule has 0 saturated carbocycles. The molecular formula is C20H19ClN2O2. The van der Waals surface area contributed by atoms with Crippen LogP contribution in [0.15, 0.2) is 59.4 Å². The summed E-state index contributed by atoms with van der Waals surface area (Å²) in [7, 11) is 0. The molecule has 2 N–H and O–H groups in total. The molecule has 0 aliphatic rings. The Kier molecular flexibility index (Phi) is 5.51. The standard InChI is InChI=1S/C20H19ClN2O2/c21-17-7-3-1-5-14(17)9-10-19(24)22-12-11-16-13-15-6-2-4-8-18(15)23-20(16)25/h1-8,13H,9-12H2,(H,22,24)(H,23,25). The predicted molar refractivity (Wildman–Crippen MR) is 101 cm³/mol. The summed E-state index contributed by atoms with van der Waals surface area (Å²) in [5.74, 6) is -0.0443. The lowest BCUT2D eigenvalue weighted by molar-refractivity contribution is -0.121. The molecule has 1 aromatic heterocycles. The Hall–Kier alpha value is -2.59. The highest BCUT2D eigenvalue weighted by molar-refractivity contribution is 6.31. The Bertz CT molecular complexity index is 950. The molecule has 0 atom stereocenters. The van der Waals surface area contributed by atoms with E-state index < -0.39 is 0 Å². The summed E-state index contributed by atoms with van der Waals surface area (Å²) >= 11 is 6.09. The van der Waals surface area contributed by atoms with Gasteiger partial charge in [0.05, 0.1) is 0 Å². The summed E-state index contributed by atoms with van der Waals surface area (Å²) in [6.45, 7) is 0.433. The summed E-state index contributed by atoms with van der Waals surface area (Å²) in [6.07, 6.45) is 1.47. The molecule has 5 heteroatoms. The highest BCUT2D eigenvalue weighted by Gasteiger charge is 2.06. The Labute approximate surface area is 150 Å². The number of rotatable bonds is 6. The van der Waals surface area contributed by atoms with E-state index in [1.807, 2.05) is 54.6 Å². The van der Waals surface area contributed by atoms with Crippen LogP contribution in [0.4, 0.5) is 0 Å². The minimum absolute atomic E-state index is 0.0443. The third-order valence-corrected chi connectivity index (χ3v) is 4.49. The molecule has 0 unspecified atom stereocenters. The van der Waals surface area contributed by atoms with Gasteiger partial charge in [0.25, 0.3) is 5.56 Å². The van der Waals surface area contributed by atoms with Gasteiger partial charge in [-0.1, -0.05) is 48.0 Å². The Morgan fingerprint density at radius 3 is 2.60 bits per heavy atom. The number of fused-ring (bicyclic) bond motifs is 1. The minimum Gasteiger partial charge on any atom is -0.356 e. The highest BCUT2D eigenvalue weighted by Crippen LogP contribution is 2.16. The van der Waals surface area contributed by atoms with E-state index in [1.165, 1.54) is 0 Å². The maximum atomic E-state index is 12.1. The zero-order valence-electron chi connectivity index (χ0n) is 13.7. The second kappa shape index (κ2) is 7.99. The van der Waals surface area contributed by atoms with Crippen molar-refractivity contribution in [1.29, 1.82) is 0 Å². The van der Waals surface area contributed by atoms with Gasteiger partial charge in [0, 0.05) is 29.1 Å². The van der Waals surface area contributed by atoms with E-state index in [2.05, 4.69) is 10.3 Å². The first-order valence-electron chi connectivity index (χ1n) is 8.24. The van der Waals surface area contributed by atoms with E-state index in [9.17, 15) is 9.59 Å². The second-order valence-electron chi connectivity index (χ2n) is 5.90. The highest BCUT2D eigenvalue weighted by atomic mass is 35.5. The largest absolute Gasteiger partial charge is 0.356 e. The molecule has 0 bridgehead atoms. The number of hydrogen-bond donors (Lipinski definition) is 2. The molecule has 0 aliphatic carbocycles. The summed E-state index contributed by atoms with van der Waals surface area (Å²) in [5.41, 5.74) is 2.35. The minimum atomic E-state index is -0.107. The van der Waals surface area contributed by atoms with Crippen molar-refractivity contribution in [2.75, 3.05) is 6.54 Å². The number of aromatic nitrogens is 1. The third-order valence-electron chi connectivity index (χ3n) is 4.13. The molecule has 2 aromatic carbocycles. The van der Waals surface area contributed by atoms with Crippen molar-refractivity contribution in [3.63, 3.8) is 0 Å². The fourth-order valence-electron chi connectivity index (χ4n) is 2.75. The van der Waals surface area contributed by atoms with Gasteiger partial charge in [-0.15, -0.1) is 0 Å². The number of benzene rings is 2. The molecule has 0 spiro atoms. The molecule has 0 fully saturated rings. The number of carbonyl (C=O) groups excluding carboxylic acids is 1. The van der Waals surface area contributed by atoms with Crippen molar-refractivity contribution >= 4 is 28.4 Å². The molecular weight excluding hydrogens is 336 g/mol. The Balaban J connectivity index is 1.52. The average molecular weight is 355 g/mol. The molecule has 1 heterocycles. The Morgan fingerprint density at radius 1 is 1.00 bits per heavy atom. The summed E-state index contributed by atoms with van der Waals surface area (Å²) in [4.78, 5) is 26.9. The van der Waals surface area contributed by atoms with Crippen LogP contribution >= 0.6 is 11.6 Å². The number of amides is 1. The molecule has 0 saturated heterocycles. The van der Waals surface area contributed by atoms with Crippen molar-refractivity contribution in [1.82, 2.24) is 10.3 Å². The van der Waals surface area contributed by atoms with Crippen LogP contribution in [-0.4, -0.2) is 17.4 Å². The lowest BCUT2D eigenvalue weighted by Gasteiger charge is -2.07. The first-order valence-corrected chi connectivity index (χ1v) is 8.62. The lowest BCUT2D eigenvalue weighted by Crippen LogP contribution is -2.27. The Morgan fingerprint density at radius 2 is 1.76 bits per heavy atom. The van der Waals surface area contributed by atoms with Crippen LogP contribution in [0.2, 0.25) is 5.02 Å². The molecule has 0 radical (unpaired) electrons. The predicted octanol–water partition coefficient (Wildman–Crippen LogP) is 3.47. The van der Waals surface area contributed by atoms with E-state index >= 15 is 0 Å². The normalized spacial score (nSPS) is 10.8. The van der Waals surface area contributed by atoms with E-state index in [0.717, 1.165) is 16.5 Å². The number of nitrogens with one attached hydrogen (secondary N) is 2. The van der Waals surface area contributed by atoms with Crippen molar-refractivity contribution in [3.05, 3.63) is 81.1 Å². The summed E-state index contributed by atoms with van der Waals surface area (Å²) < 4.78 is 0. The molecule has 3 rings (SSSR count). The molecule has 3 aromatic rings. The van der Waals surface area contributed by atoms with Crippen LogP contribution in [0, 0.1) is 0 Å². The zero-order valence-corrected chi connectivity index (χ0v) is 14.5.